The van der Waals surface area contributed by atoms with Crippen molar-refractivity contribution in [3.05, 3.63) is 53.6 Å². The van der Waals surface area contributed by atoms with Crippen molar-refractivity contribution in [3.8, 4) is 11.1 Å². The number of methoxy groups -OCH3 is 1. The first kappa shape index (κ1) is 13.7. The van der Waals surface area contributed by atoms with Gasteiger partial charge in [-0.15, -0.1) is 0 Å². The second-order valence-corrected chi connectivity index (χ2v) is 3.91. The number of benzene rings is 1. The van der Waals surface area contributed by atoms with Crippen molar-refractivity contribution < 1.29 is 23.8 Å². The Hall–Kier alpha value is -2.76. The molecule has 0 bridgehead atoms. The summed E-state index contributed by atoms with van der Waals surface area (Å²) in [6, 6.07) is 4.86. The second-order valence-electron chi connectivity index (χ2n) is 3.91. The smallest absolute Gasteiger partial charge is 0.337 e. The number of halogens is 1. The molecule has 5 nitrogen and oxygen atoms in total. The molecule has 20 heavy (non-hydrogen) atoms. The van der Waals surface area contributed by atoms with Gasteiger partial charge in [0.05, 0.1) is 18.2 Å². The minimum atomic E-state index is -1.20. The molecular weight excluding hydrogens is 265 g/mol. The maximum atomic E-state index is 13.9. The van der Waals surface area contributed by atoms with E-state index in [1.165, 1.54) is 37.7 Å². The fourth-order valence-corrected chi connectivity index (χ4v) is 1.77. The van der Waals surface area contributed by atoms with Crippen LogP contribution in [0.25, 0.3) is 11.1 Å². The molecule has 1 aromatic heterocycles. The number of carboxylic acids is 1. The number of carbonyl (C=O) groups excluding carboxylic acids is 1. The van der Waals surface area contributed by atoms with Crippen LogP contribution < -0.4 is 0 Å². The molecule has 102 valence electrons. The summed E-state index contributed by atoms with van der Waals surface area (Å²) in [5, 5.41) is 9.10. The zero-order valence-corrected chi connectivity index (χ0v) is 10.5. The predicted octanol–water partition coefficient (Wildman–Crippen LogP) is 2.37. The Kier molecular flexibility index (Phi) is 3.74. The Labute approximate surface area is 113 Å². The number of esters is 1. The highest BCUT2D eigenvalue weighted by Gasteiger charge is 2.17. The van der Waals surface area contributed by atoms with Gasteiger partial charge in [-0.2, -0.15) is 0 Å². The maximum absolute atomic E-state index is 13.9. The summed E-state index contributed by atoms with van der Waals surface area (Å²) in [6.45, 7) is 0. The number of pyridine rings is 1. The zero-order valence-electron chi connectivity index (χ0n) is 10.5. The van der Waals surface area contributed by atoms with Crippen molar-refractivity contribution in [1.82, 2.24) is 4.98 Å². The first-order valence-corrected chi connectivity index (χ1v) is 5.60. The highest BCUT2D eigenvalue weighted by molar-refractivity contribution is 5.97. The monoisotopic (exact) mass is 275 g/mol. The quantitative estimate of drug-likeness (QED) is 0.870. The lowest BCUT2D eigenvalue weighted by Gasteiger charge is -2.08. The van der Waals surface area contributed by atoms with Gasteiger partial charge in [0.25, 0.3) is 0 Å². The molecule has 0 saturated heterocycles. The van der Waals surface area contributed by atoms with Gasteiger partial charge in [0, 0.05) is 23.5 Å². The van der Waals surface area contributed by atoms with Crippen molar-refractivity contribution in [1.29, 1.82) is 0 Å². The molecular formula is C14H10FNO4. The number of rotatable bonds is 3. The summed E-state index contributed by atoms with van der Waals surface area (Å²) in [4.78, 5) is 26.4. The number of ether oxygens (including phenoxy) is 1. The van der Waals surface area contributed by atoms with Gasteiger partial charge in [-0.25, -0.2) is 14.0 Å². The second kappa shape index (κ2) is 5.48. The molecule has 2 rings (SSSR count). The van der Waals surface area contributed by atoms with Gasteiger partial charge in [0.15, 0.2) is 0 Å². The van der Waals surface area contributed by atoms with Crippen LogP contribution in [-0.4, -0.2) is 29.1 Å². The van der Waals surface area contributed by atoms with Crippen LogP contribution in [0.1, 0.15) is 20.7 Å². The summed E-state index contributed by atoms with van der Waals surface area (Å²) in [5.74, 6) is -2.48. The molecule has 0 saturated carbocycles. The van der Waals surface area contributed by atoms with Gasteiger partial charge in [-0.05, 0) is 24.3 Å². The van der Waals surface area contributed by atoms with E-state index in [-0.39, 0.29) is 22.3 Å². The first-order valence-electron chi connectivity index (χ1n) is 5.60. The SMILES string of the molecule is COC(=O)c1ccc(F)c(-c2cnccc2C(=O)O)c1. The van der Waals surface area contributed by atoms with Crippen LogP contribution in [-0.2, 0) is 4.74 Å². The van der Waals surface area contributed by atoms with Crippen LogP contribution in [0.4, 0.5) is 4.39 Å². The largest absolute Gasteiger partial charge is 0.478 e. The third kappa shape index (κ3) is 2.49. The van der Waals surface area contributed by atoms with E-state index in [0.717, 1.165) is 6.07 Å². The Morgan fingerprint density at radius 1 is 1.25 bits per heavy atom. The first-order chi connectivity index (χ1) is 9.54. The number of aromatic nitrogens is 1. The van der Waals surface area contributed by atoms with E-state index in [0.29, 0.717) is 0 Å². The number of hydrogen-bond acceptors (Lipinski definition) is 4. The fraction of sp³-hybridized carbons (Fsp3) is 0.0714. The van der Waals surface area contributed by atoms with Crippen molar-refractivity contribution in [2.24, 2.45) is 0 Å². The van der Waals surface area contributed by atoms with Gasteiger partial charge in [-0.1, -0.05) is 0 Å². The molecule has 0 aliphatic carbocycles. The summed E-state index contributed by atoms with van der Waals surface area (Å²) in [6.07, 6.45) is 2.54. The van der Waals surface area contributed by atoms with E-state index in [2.05, 4.69) is 9.72 Å². The molecule has 0 aliphatic heterocycles. The molecule has 0 aliphatic rings. The van der Waals surface area contributed by atoms with E-state index in [9.17, 15) is 14.0 Å². The lowest BCUT2D eigenvalue weighted by Crippen LogP contribution is -2.04. The van der Waals surface area contributed by atoms with Crippen LogP contribution in [0.5, 0.6) is 0 Å². The molecule has 0 fully saturated rings. The van der Waals surface area contributed by atoms with E-state index in [1.54, 1.807) is 0 Å². The Morgan fingerprint density at radius 2 is 2.00 bits per heavy atom. The van der Waals surface area contributed by atoms with Gasteiger partial charge in [-0.3, -0.25) is 4.98 Å². The Balaban J connectivity index is 2.63. The van der Waals surface area contributed by atoms with Gasteiger partial charge in [0.2, 0.25) is 0 Å². The summed E-state index contributed by atoms with van der Waals surface area (Å²) in [7, 11) is 1.21. The van der Waals surface area contributed by atoms with Gasteiger partial charge in [0.1, 0.15) is 5.82 Å². The van der Waals surface area contributed by atoms with E-state index in [1.807, 2.05) is 0 Å². The Morgan fingerprint density at radius 3 is 2.65 bits per heavy atom. The molecule has 0 spiro atoms. The average molecular weight is 275 g/mol. The molecule has 1 N–H and O–H groups in total. The average Bonchev–Trinajstić information content (AvgIpc) is 2.47. The van der Waals surface area contributed by atoms with Crippen LogP contribution in [0.2, 0.25) is 0 Å². The lowest BCUT2D eigenvalue weighted by molar-refractivity contribution is 0.0600. The molecule has 1 heterocycles. The van der Waals surface area contributed by atoms with Crippen molar-refractivity contribution in [2.45, 2.75) is 0 Å². The van der Waals surface area contributed by atoms with Crippen molar-refractivity contribution in [3.63, 3.8) is 0 Å². The standard InChI is InChI=1S/C14H10FNO4/c1-20-14(19)8-2-3-12(15)10(6-8)11-7-16-5-4-9(11)13(17)18/h2-7H,1H3,(H,17,18). The van der Waals surface area contributed by atoms with Crippen LogP contribution in [0.3, 0.4) is 0 Å². The summed E-state index contributed by atoms with van der Waals surface area (Å²) >= 11 is 0. The lowest BCUT2D eigenvalue weighted by atomic mass is 9.99. The number of hydrogen-bond donors (Lipinski definition) is 1. The van der Waals surface area contributed by atoms with E-state index in [4.69, 9.17) is 5.11 Å². The highest BCUT2D eigenvalue weighted by atomic mass is 19.1. The van der Waals surface area contributed by atoms with E-state index < -0.39 is 17.8 Å². The zero-order chi connectivity index (χ0) is 14.7. The number of aromatic carboxylic acids is 1. The third-order valence-electron chi connectivity index (χ3n) is 2.73. The molecule has 0 radical (unpaired) electrons. The molecule has 0 unspecified atom stereocenters. The molecule has 2 aromatic rings. The Bertz CT molecular complexity index is 685. The van der Waals surface area contributed by atoms with Crippen LogP contribution in [0.15, 0.2) is 36.7 Å². The minimum Gasteiger partial charge on any atom is -0.478 e. The highest BCUT2D eigenvalue weighted by Crippen LogP contribution is 2.27. The summed E-state index contributed by atoms with van der Waals surface area (Å²) < 4.78 is 18.4. The molecule has 6 heteroatoms. The van der Waals surface area contributed by atoms with Gasteiger partial charge >= 0.3 is 11.9 Å². The molecule has 0 atom stereocenters. The minimum absolute atomic E-state index is 0.0154. The topological polar surface area (TPSA) is 76.5 Å². The van der Waals surface area contributed by atoms with Crippen LogP contribution in [0, 0.1) is 5.82 Å². The number of carboxylic acid groups (broad SMARTS) is 1. The maximum Gasteiger partial charge on any atom is 0.337 e. The summed E-state index contributed by atoms with van der Waals surface area (Å²) in [5.41, 5.74) is 0.117. The van der Waals surface area contributed by atoms with Crippen molar-refractivity contribution >= 4 is 11.9 Å². The molecule has 0 amide bonds. The fourth-order valence-electron chi connectivity index (χ4n) is 1.77. The van der Waals surface area contributed by atoms with Crippen LogP contribution >= 0.6 is 0 Å². The molecule has 1 aromatic carbocycles. The number of nitrogens with zero attached hydrogens (tertiary/aromatic N) is 1. The van der Waals surface area contributed by atoms with Gasteiger partial charge < -0.3 is 9.84 Å². The third-order valence-corrected chi connectivity index (χ3v) is 2.73. The van der Waals surface area contributed by atoms with Crippen molar-refractivity contribution in [2.75, 3.05) is 7.11 Å². The predicted molar refractivity (Wildman–Crippen MR) is 67.9 cm³/mol. The van der Waals surface area contributed by atoms with E-state index >= 15 is 0 Å². The normalized spacial score (nSPS) is 10.1. The number of carbonyl (C=O) groups is 2.